The molecule has 0 aromatic rings. The molecule has 0 aromatic carbocycles. The lowest BCUT2D eigenvalue weighted by molar-refractivity contribution is -0.124. The van der Waals surface area contributed by atoms with Gasteiger partial charge in [0.25, 0.3) is 0 Å². The van der Waals surface area contributed by atoms with E-state index in [2.05, 4.69) is 0 Å². The van der Waals surface area contributed by atoms with Crippen LogP contribution in [0, 0.1) is 5.92 Å². The van der Waals surface area contributed by atoms with Gasteiger partial charge in [0.2, 0.25) is 0 Å². The van der Waals surface area contributed by atoms with E-state index >= 15 is 0 Å². The average molecular weight is 213 g/mol. The Bertz CT molecular complexity index is 265. The molecule has 0 spiro atoms. The fraction of sp³-hybridized carbons (Fsp3) is 0.800. The molecule has 0 aromatic heterocycles. The standard InChI is InChI=1S/C10H19N3O2/c1-6(2)8(11)9(14)7-4-3-5-13(7)10(12)15/h6-8H,3-5,11H2,1-2H3,(H2,12,15)/t7?,8-/m0/s1. The number of urea groups is 1. The number of hydrogen-bond donors (Lipinski definition) is 2. The van der Waals surface area contributed by atoms with Gasteiger partial charge in [-0.1, -0.05) is 13.8 Å². The number of likely N-dealkylation sites (tertiary alicyclic amines) is 1. The van der Waals surface area contributed by atoms with Crippen molar-refractivity contribution in [3.8, 4) is 0 Å². The van der Waals surface area contributed by atoms with Gasteiger partial charge in [-0.05, 0) is 18.8 Å². The molecule has 5 nitrogen and oxygen atoms in total. The van der Waals surface area contributed by atoms with Crippen LogP contribution in [0.1, 0.15) is 26.7 Å². The van der Waals surface area contributed by atoms with Crippen LogP contribution >= 0.6 is 0 Å². The molecule has 2 atom stereocenters. The second kappa shape index (κ2) is 4.61. The summed E-state index contributed by atoms with van der Waals surface area (Å²) in [5.74, 6) is 0.0223. The van der Waals surface area contributed by atoms with Gasteiger partial charge in [0, 0.05) is 6.54 Å². The summed E-state index contributed by atoms with van der Waals surface area (Å²) in [5.41, 5.74) is 11.0. The Labute approximate surface area is 89.8 Å². The summed E-state index contributed by atoms with van der Waals surface area (Å²) in [4.78, 5) is 24.4. The van der Waals surface area contributed by atoms with Gasteiger partial charge >= 0.3 is 6.03 Å². The molecule has 1 fully saturated rings. The number of Topliss-reactive ketones (excluding diaryl/α,β-unsaturated/α-hetero) is 1. The third kappa shape index (κ3) is 2.47. The minimum atomic E-state index is -0.526. The zero-order valence-electron chi connectivity index (χ0n) is 9.27. The lowest BCUT2D eigenvalue weighted by Gasteiger charge is -2.25. The van der Waals surface area contributed by atoms with E-state index < -0.39 is 18.1 Å². The Hall–Kier alpha value is -1.10. The van der Waals surface area contributed by atoms with Gasteiger partial charge in [0.05, 0.1) is 12.1 Å². The maximum absolute atomic E-state index is 11.9. The van der Waals surface area contributed by atoms with Gasteiger partial charge in [-0.2, -0.15) is 0 Å². The number of primary amides is 1. The number of nitrogens with two attached hydrogens (primary N) is 2. The molecule has 1 saturated heterocycles. The molecule has 1 aliphatic rings. The number of carbonyl (C=O) groups excluding carboxylic acids is 2. The maximum Gasteiger partial charge on any atom is 0.315 e. The predicted octanol–water partition coefficient (Wildman–Crippen LogP) is 0.0819. The number of nitrogens with zero attached hydrogens (tertiary/aromatic N) is 1. The van der Waals surface area contributed by atoms with E-state index in [1.165, 1.54) is 4.90 Å². The molecule has 0 saturated carbocycles. The lowest BCUT2D eigenvalue weighted by Crippen LogP contribution is -2.50. The molecule has 0 radical (unpaired) electrons. The highest BCUT2D eigenvalue weighted by molar-refractivity contribution is 5.92. The Kier molecular flexibility index (Phi) is 3.68. The average Bonchev–Trinajstić information content (AvgIpc) is 2.63. The van der Waals surface area contributed by atoms with Crippen molar-refractivity contribution in [2.24, 2.45) is 17.4 Å². The van der Waals surface area contributed by atoms with Gasteiger partial charge in [-0.3, -0.25) is 4.79 Å². The number of rotatable bonds is 3. The van der Waals surface area contributed by atoms with E-state index in [0.717, 1.165) is 6.42 Å². The molecule has 1 rings (SSSR count). The summed E-state index contributed by atoms with van der Waals surface area (Å²) in [6, 6.07) is -1.43. The van der Waals surface area contributed by atoms with Crippen LogP contribution in [0.25, 0.3) is 0 Å². The van der Waals surface area contributed by atoms with Gasteiger partial charge in [0.15, 0.2) is 5.78 Å². The zero-order chi connectivity index (χ0) is 11.6. The van der Waals surface area contributed by atoms with Gasteiger partial charge < -0.3 is 16.4 Å². The topological polar surface area (TPSA) is 89.4 Å². The highest BCUT2D eigenvalue weighted by Crippen LogP contribution is 2.19. The molecule has 1 heterocycles. The van der Waals surface area contributed by atoms with Crippen molar-refractivity contribution in [2.45, 2.75) is 38.8 Å². The van der Waals surface area contributed by atoms with E-state index in [-0.39, 0.29) is 11.7 Å². The van der Waals surface area contributed by atoms with E-state index in [4.69, 9.17) is 11.5 Å². The van der Waals surface area contributed by atoms with E-state index in [9.17, 15) is 9.59 Å². The van der Waals surface area contributed by atoms with Crippen LogP contribution in [0.15, 0.2) is 0 Å². The number of hydrogen-bond acceptors (Lipinski definition) is 3. The Morgan fingerprint density at radius 3 is 2.47 bits per heavy atom. The molecule has 5 heteroatoms. The Morgan fingerprint density at radius 1 is 1.40 bits per heavy atom. The first-order valence-electron chi connectivity index (χ1n) is 5.30. The van der Waals surface area contributed by atoms with Crippen LogP contribution < -0.4 is 11.5 Å². The zero-order valence-corrected chi connectivity index (χ0v) is 9.27. The van der Waals surface area contributed by atoms with Crippen molar-refractivity contribution < 1.29 is 9.59 Å². The van der Waals surface area contributed by atoms with Gasteiger partial charge in [-0.15, -0.1) is 0 Å². The van der Waals surface area contributed by atoms with Crippen molar-refractivity contribution in [3.63, 3.8) is 0 Å². The molecule has 1 aliphatic heterocycles. The van der Waals surface area contributed by atoms with E-state index in [0.29, 0.717) is 13.0 Å². The fourth-order valence-electron chi connectivity index (χ4n) is 1.88. The lowest BCUT2D eigenvalue weighted by atomic mass is 9.95. The molecule has 86 valence electrons. The maximum atomic E-state index is 11.9. The molecule has 0 bridgehead atoms. The molecule has 15 heavy (non-hydrogen) atoms. The smallest absolute Gasteiger partial charge is 0.315 e. The van der Waals surface area contributed by atoms with Crippen LogP contribution in [-0.4, -0.2) is 35.3 Å². The highest BCUT2D eigenvalue weighted by atomic mass is 16.2. The monoisotopic (exact) mass is 213 g/mol. The Balaban J connectivity index is 2.70. The minimum absolute atomic E-state index is 0.0682. The first-order chi connectivity index (χ1) is 6.95. The van der Waals surface area contributed by atoms with Gasteiger partial charge in [-0.25, -0.2) is 4.79 Å². The van der Waals surface area contributed by atoms with Gasteiger partial charge in [0.1, 0.15) is 0 Å². The highest BCUT2D eigenvalue weighted by Gasteiger charge is 2.36. The molecular formula is C10H19N3O2. The van der Waals surface area contributed by atoms with Crippen LogP contribution in [0.5, 0.6) is 0 Å². The summed E-state index contributed by atoms with van der Waals surface area (Å²) < 4.78 is 0. The Morgan fingerprint density at radius 2 is 2.00 bits per heavy atom. The molecule has 0 aliphatic carbocycles. The van der Waals surface area contributed by atoms with E-state index in [1.807, 2.05) is 13.8 Å². The molecular weight excluding hydrogens is 194 g/mol. The van der Waals surface area contributed by atoms with Crippen LogP contribution in [-0.2, 0) is 4.79 Å². The normalized spacial score (nSPS) is 23.2. The van der Waals surface area contributed by atoms with Crippen LogP contribution in [0.4, 0.5) is 4.79 Å². The summed E-state index contributed by atoms with van der Waals surface area (Å²) in [6.45, 7) is 4.36. The van der Waals surface area contributed by atoms with Crippen LogP contribution in [0.2, 0.25) is 0 Å². The molecule has 2 amide bonds. The predicted molar refractivity (Wildman–Crippen MR) is 57.1 cm³/mol. The minimum Gasteiger partial charge on any atom is -0.351 e. The summed E-state index contributed by atoms with van der Waals surface area (Å²) in [7, 11) is 0. The third-order valence-electron chi connectivity index (χ3n) is 2.91. The quantitative estimate of drug-likeness (QED) is 0.695. The number of amides is 2. The van der Waals surface area contributed by atoms with Crippen molar-refractivity contribution in [2.75, 3.05) is 6.54 Å². The number of ketones is 1. The summed E-state index contributed by atoms with van der Waals surface area (Å²) in [5, 5.41) is 0. The second-order valence-electron chi connectivity index (χ2n) is 4.36. The first kappa shape index (κ1) is 12.0. The van der Waals surface area contributed by atoms with Crippen molar-refractivity contribution in [1.82, 2.24) is 4.90 Å². The first-order valence-corrected chi connectivity index (χ1v) is 5.30. The van der Waals surface area contributed by atoms with Crippen molar-refractivity contribution >= 4 is 11.8 Å². The molecule has 4 N–H and O–H groups in total. The summed E-state index contributed by atoms with van der Waals surface area (Å²) in [6.07, 6.45) is 1.51. The number of carbonyl (C=O) groups is 2. The largest absolute Gasteiger partial charge is 0.351 e. The molecule has 1 unspecified atom stereocenters. The van der Waals surface area contributed by atoms with Crippen molar-refractivity contribution in [1.29, 1.82) is 0 Å². The van der Waals surface area contributed by atoms with E-state index in [1.54, 1.807) is 0 Å². The fourth-order valence-corrected chi connectivity index (χ4v) is 1.88. The second-order valence-corrected chi connectivity index (χ2v) is 4.36. The van der Waals surface area contributed by atoms with Crippen molar-refractivity contribution in [3.05, 3.63) is 0 Å². The SMILES string of the molecule is CC(C)[C@H](N)C(=O)C1CCCN1C(N)=O. The summed E-state index contributed by atoms with van der Waals surface area (Å²) >= 11 is 0. The third-order valence-corrected chi connectivity index (χ3v) is 2.91. The van der Waals surface area contributed by atoms with Crippen LogP contribution in [0.3, 0.4) is 0 Å².